The molecule has 0 fully saturated rings. The number of nitrogens with one attached hydrogen (secondary N) is 2. The van der Waals surface area contributed by atoms with Gasteiger partial charge in [0.25, 0.3) is 0 Å². The van der Waals surface area contributed by atoms with Gasteiger partial charge in [-0.05, 0) is 43.4 Å². The van der Waals surface area contributed by atoms with Gasteiger partial charge in [-0.3, -0.25) is 0 Å². The summed E-state index contributed by atoms with van der Waals surface area (Å²) in [5.74, 6) is 2.33. The standard InChI is InChI=1S/C18H20N2O3S/c1-13(12-23-15-5-3-2-4-6-15)19-18(24)20-14-7-8-16-17(11-14)22-10-9-21-16/h2-8,11,13H,9-10,12H2,1H3,(H2,19,20,24). The monoisotopic (exact) mass is 344 g/mol. The molecule has 0 saturated heterocycles. The quantitative estimate of drug-likeness (QED) is 0.813. The highest BCUT2D eigenvalue weighted by molar-refractivity contribution is 7.80. The third-order valence-corrected chi connectivity index (χ3v) is 3.64. The maximum absolute atomic E-state index is 5.71. The number of para-hydroxylation sites is 1. The highest BCUT2D eigenvalue weighted by Crippen LogP contribution is 2.32. The van der Waals surface area contributed by atoms with Crippen LogP contribution < -0.4 is 24.8 Å². The van der Waals surface area contributed by atoms with Gasteiger partial charge in [-0.2, -0.15) is 0 Å². The lowest BCUT2D eigenvalue weighted by Crippen LogP contribution is -2.39. The molecule has 1 aliphatic heterocycles. The number of anilines is 1. The first kappa shape index (κ1) is 16.4. The highest BCUT2D eigenvalue weighted by atomic mass is 32.1. The summed E-state index contributed by atoms with van der Waals surface area (Å²) in [6.07, 6.45) is 0. The minimum atomic E-state index is 0.0717. The third kappa shape index (κ3) is 4.52. The molecule has 0 bridgehead atoms. The van der Waals surface area contributed by atoms with Crippen LogP contribution in [0.15, 0.2) is 48.5 Å². The van der Waals surface area contributed by atoms with E-state index in [-0.39, 0.29) is 6.04 Å². The van der Waals surface area contributed by atoms with Crippen LogP contribution in [0.4, 0.5) is 5.69 Å². The predicted octanol–water partition coefficient (Wildman–Crippen LogP) is 3.21. The Balaban J connectivity index is 1.48. The number of hydrogen-bond donors (Lipinski definition) is 2. The summed E-state index contributed by atoms with van der Waals surface area (Å²) in [5.41, 5.74) is 0.855. The lowest BCUT2D eigenvalue weighted by atomic mass is 10.2. The van der Waals surface area contributed by atoms with E-state index in [4.69, 9.17) is 26.4 Å². The van der Waals surface area contributed by atoms with E-state index < -0.39 is 0 Å². The first-order valence-corrected chi connectivity index (χ1v) is 8.26. The van der Waals surface area contributed by atoms with Crippen LogP contribution in [0.1, 0.15) is 6.92 Å². The van der Waals surface area contributed by atoms with Crippen molar-refractivity contribution in [1.82, 2.24) is 5.32 Å². The molecular formula is C18H20N2O3S. The van der Waals surface area contributed by atoms with Gasteiger partial charge in [0.2, 0.25) is 0 Å². The Labute approximate surface area is 146 Å². The Morgan fingerprint density at radius 3 is 2.67 bits per heavy atom. The van der Waals surface area contributed by atoms with Crippen LogP contribution in [0, 0.1) is 0 Å². The smallest absolute Gasteiger partial charge is 0.171 e. The average Bonchev–Trinajstić information content (AvgIpc) is 2.60. The predicted molar refractivity (Wildman–Crippen MR) is 98.2 cm³/mol. The van der Waals surface area contributed by atoms with Gasteiger partial charge in [-0.15, -0.1) is 0 Å². The second-order valence-corrected chi connectivity index (χ2v) is 5.89. The molecule has 1 atom stereocenters. The van der Waals surface area contributed by atoms with E-state index in [1.807, 2.05) is 55.5 Å². The summed E-state index contributed by atoms with van der Waals surface area (Å²) in [7, 11) is 0. The van der Waals surface area contributed by atoms with Crippen molar-refractivity contribution in [2.24, 2.45) is 0 Å². The fourth-order valence-corrected chi connectivity index (χ4v) is 2.61. The Bertz CT molecular complexity index is 694. The first-order valence-electron chi connectivity index (χ1n) is 7.86. The fraction of sp³-hybridized carbons (Fsp3) is 0.278. The Morgan fingerprint density at radius 2 is 1.88 bits per heavy atom. The molecule has 2 aromatic rings. The van der Waals surface area contributed by atoms with Crippen molar-refractivity contribution >= 4 is 23.0 Å². The highest BCUT2D eigenvalue weighted by Gasteiger charge is 2.12. The summed E-state index contributed by atoms with van der Waals surface area (Å²) in [6, 6.07) is 15.4. The number of fused-ring (bicyclic) bond motifs is 1. The maximum Gasteiger partial charge on any atom is 0.171 e. The van der Waals surface area contributed by atoms with Crippen LogP contribution in [0.25, 0.3) is 0 Å². The maximum atomic E-state index is 5.71. The minimum absolute atomic E-state index is 0.0717. The third-order valence-electron chi connectivity index (χ3n) is 3.42. The van der Waals surface area contributed by atoms with Crippen LogP contribution in [0.2, 0.25) is 0 Å². The van der Waals surface area contributed by atoms with Gasteiger partial charge in [0.05, 0.1) is 6.04 Å². The molecule has 0 radical (unpaired) electrons. The van der Waals surface area contributed by atoms with E-state index >= 15 is 0 Å². The fourth-order valence-electron chi connectivity index (χ4n) is 2.29. The van der Waals surface area contributed by atoms with Gasteiger partial charge in [0.15, 0.2) is 16.6 Å². The Morgan fingerprint density at radius 1 is 1.12 bits per heavy atom. The zero-order valence-corrected chi connectivity index (χ0v) is 14.3. The molecule has 1 heterocycles. The number of thiocarbonyl (C=S) groups is 1. The normalized spacial score (nSPS) is 13.7. The zero-order valence-electron chi connectivity index (χ0n) is 13.5. The molecule has 1 aliphatic rings. The second kappa shape index (κ2) is 7.88. The van der Waals surface area contributed by atoms with E-state index in [1.54, 1.807) is 0 Å². The van der Waals surface area contributed by atoms with Crippen molar-refractivity contribution in [3.05, 3.63) is 48.5 Å². The summed E-state index contributed by atoms with van der Waals surface area (Å²) < 4.78 is 16.8. The van der Waals surface area contributed by atoms with Gasteiger partial charge >= 0.3 is 0 Å². The molecule has 0 saturated carbocycles. The molecule has 6 heteroatoms. The molecule has 0 spiro atoms. The van der Waals surface area contributed by atoms with E-state index in [9.17, 15) is 0 Å². The van der Waals surface area contributed by atoms with Crippen molar-refractivity contribution < 1.29 is 14.2 Å². The van der Waals surface area contributed by atoms with Crippen molar-refractivity contribution in [2.75, 3.05) is 25.1 Å². The van der Waals surface area contributed by atoms with Crippen molar-refractivity contribution in [1.29, 1.82) is 0 Å². The van der Waals surface area contributed by atoms with E-state index in [0.717, 1.165) is 22.9 Å². The van der Waals surface area contributed by atoms with Crippen molar-refractivity contribution in [2.45, 2.75) is 13.0 Å². The molecule has 0 aromatic heterocycles. The molecule has 0 aliphatic carbocycles. The molecule has 1 unspecified atom stereocenters. The largest absolute Gasteiger partial charge is 0.491 e. The number of benzene rings is 2. The number of ether oxygens (including phenoxy) is 3. The molecule has 2 N–H and O–H groups in total. The average molecular weight is 344 g/mol. The molecular weight excluding hydrogens is 324 g/mol. The van der Waals surface area contributed by atoms with Gasteiger partial charge in [-0.1, -0.05) is 18.2 Å². The molecule has 126 valence electrons. The van der Waals surface area contributed by atoms with Crippen LogP contribution >= 0.6 is 12.2 Å². The molecule has 0 amide bonds. The Kier molecular flexibility index (Phi) is 5.38. The van der Waals surface area contributed by atoms with E-state index in [2.05, 4.69) is 10.6 Å². The number of hydrogen-bond acceptors (Lipinski definition) is 4. The van der Waals surface area contributed by atoms with E-state index in [1.165, 1.54) is 0 Å². The van der Waals surface area contributed by atoms with Crippen molar-refractivity contribution in [3.8, 4) is 17.2 Å². The first-order chi connectivity index (χ1) is 11.7. The number of rotatable bonds is 5. The second-order valence-electron chi connectivity index (χ2n) is 5.48. The van der Waals surface area contributed by atoms with E-state index in [0.29, 0.717) is 24.9 Å². The summed E-state index contributed by atoms with van der Waals surface area (Å²) in [6.45, 7) is 3.68. The van der Waals surface area contributed by atoms with Crippen molar-refractivity contribution in [3.63, 3.8) is 0 Å². The summed E-state index contributed by atoms with van der Waals surface area (Å²) in [4.78, 5) is 0. The summed E-state index contributed by atoms with van der Waals surface area (Å²) >= 11 is 5.35. The van der Waals surface area contributed by atoms with Crippen LogP contribution in [0.3, 0.4) is 0 Å². The Hall–Kier alpha value is -2.47. The lowest BCUT2D eigenvalue weighted by Gasteiger charge is -2.20. The molecule has 5 nitrogen and oxygen atoms in total. The van der Waals surface area contributed by atoms with Crippen LogP contribution in [0.5, 0.6) is 17.2 Å². The van der Waals surface area contributed by atoms with Gasteiger partial charge in [0, 0.05) is 11.8 Å². The minimum Gasteiger partial charge on any atom is -0.491 e. The van der Waals surface area contributed by atoms with Gasteiger partial charge in [0.1, 0.15) is 25.6 Å². The lowest BCUT2D eigenvalue weighted by molar-refractivity contribution is 0.171. The SMILES string of the molecule is CC(COc1ccccc1)NC(=S)Nc1ccc2c(c1)OCCO2. The summed E-state index contributed by atoms with van der Waals surface area (Å²) in [5, 5.41) is 6.89. The zero-order chi connectivity index (χ0) is 16.8. The topological polar surface area (TPSA) is 51.8 Å². The van der Waals surface area contributed by atoms with Crippen LogP contribution in [-0.4, -0.2) is 31.0 Å². The van der Waals surface area contributed by atoms with Gasteiger partial charge in [-0.25, -0.2) is 0 Å². The molecule has 2 aromatic carbocycles. The van der Waals surface area contributed by atoms with Crippen LogP contribution in [-0.2, 0) is 0 Å². The van der Waals surface area contributed by atoms with Gasteiger partial charge < -0.3 is 24.8 Å². The molecule has 3 rings (SSSR count). The molecule has 24 heavy (non-hydrogen) atoms.